The van der Waals surface area contributed by atoms with Gasteiger partial charge >= 0.3 is 0 Å². The number of rotatable bonds is 1. The summed E-state index contributed by atoms with van der Waals surface area (Å²) in [6.07, 6.45) is 4.39. The second-order valence-corrected chi connectivity index (χ2v) is 3.73. The Morgan fingerprint density at radius 3 is 2.75 bits per heavy atom. The van der Waals surface area contributed by atoms with Crippen LogP contribution in [0.3, 0.4) is 0 Å². The van der Waals surface area contributed by atoms with Crippen molar-refractivity contribution in [3.8, 4) is 0 Å². The van der Waals surface area contributed by atoms with E-state index in [9.17, 15) is 4.79 Å². The minimum Gasteiger partial charge on any atom is -0.297 e. The first-order chi connectivity index (χ1) is 3.84. The van der Waals surface area contributed by atoms with Crippen LogP contribution < -0.4 is 0 Å². The van der Waals surface area contributed by atoms with Gasteiger partial charge in [-0.3, -0.25) is 4.79 Å². The molecule has 0 aromatic carbocycles. The molecule has 1 heterocycles. The molecule has 0 saturated carbocycles. The van der Waals surface area contributed by atoms with Gasteiger partial charge in [-0.05, 0) is 22.7 Å². The van der Waals surface area contributed by atoms with Crippen molar-refractivity contribution in [3.63, 3.8) is 0 Å². The molecular weight excluding hydrogens is 140 g/mol. The van der Waals surface area contributed by atoms with Crippen molar-refractivity contribution in [1.29, 1.82) is 0 Å². The van der Waals surface area contributed by atoms with Gasteiger partial charge in [0, 0.05) is 0 Å². The van der Waals surface area contributed by atoms with Crippen molar-refractivity contribution in [2.45, 2.75) is 0 Å². The number of aldehydes is 1. The quantitative estimate of drug-likeness (QED) is 0.503. The minimum absolute atomic E-state index is 0.315. The van der Waals surface area contributed by atoms with Gasteiger partial charge in [-0.1, -0.05) is 15.5 Å². The van der Waals surface area contributed by atoms with Crippen LogP contribution in [0.5, 0.6) is 0 Å². The van der Waals surface area contributed by atoms with E-state index in [2.05, 4.69) is 0 Å². The molecule has 0 bridgehead atoms. The Morgan fingerprint density at radius 1 is 1.75 bits per heavy atom. The lowest BCUT2D eigenvalue weighted by Crippen LogP contribution is -1.83. The van der Waals surface area contributed by atoms with Gasteiger partial charge in [-0.25, -0.2) is 0 Å². The molecule has 8 heavy (non-hydrogen) atoms. The first kappa shape index (κ1) is 5.85. The molecule has 0 aromatic heterocycles. The average molecular weight is 144 g/mol. The van der Waals surface area contributed by atoms with Crippen LogP contribution in [-0.2, 0) is 25.4 Å². The highest BCUT2D eigenvalue weighted by Gasteiger charge is 2.00. The summed E-state index contributed by atoms with van der Waals surface area (Å²) in [6, 6.07) is 0. The summed E-state index contributed by atoms with van der Waals surface area (Å²) in [5.74, 6) is 0. The Morgan fingerprint density at radius 2 is 2.50 bits per heavy atom. The summed E-state index contributed by atoms with van der Waals surface area (Å²) in [5, 5.41) is 1.85. The zero-order chi connectivity index (χ0) is 5.98. The van der Waals surface area contributed by atoms with Gasteiger partial charge < -0.3 is 0 Å². The lowest BCUT2D eigenvalue weighted by molar-refractivity contribution is -0.104. The molecule has 1 aliphatic rings. The van der Waals surface area contributed by atoms with Gasteiger partial charge in [0.15, 0.2) is 6.29 Å². The Bertz CT molecular complexity index is 191. The lowest BCUT2D eigenvalue weighted by atomic mass is 10.5. The number of hydrogen-bond acceptors (Lipinski definition) is 2. The van der Waals surface area contributed by atoms with E-state index in [1.54, 1.807) is 6.08 Å². The summed E-state index contributed by atoms with van der Waals surface area (Å²) in [7, 11) is -0.315. The highest BCUT2D eigenvalue weighted by Crippen LogP contribution is 2.07. The highest BCUT2D eigenvalue weighted by molar-refractivity contribution is 8.33. The Balaban J connectivity index is 2.88. The fourth-order valence-corrected chi connectivity index (χ4v) is 1.60. The zero-order valence-corrected chi connectivity index (χ0v) is 5.67. The molecule has 0 aliphatic carbocycles. The highest BCUT2D eigenvalue weighted by atomic mass is 32.8. The number of carbonyl (C=O) groups is 1. The van der Waals surface area contributed by atoms with Crippen LogP contribution in [0.25, 0.3) is 0 Å². The fourth-order valence-electron chi connectivity index (χ4n) is 0.438. The van der Waals surface area contributed by atoms with Crippen molar-refractivity contribution in [1.82, 2.24) is 0 Å². The van der Waals surface area contributed by atoms with Gasteiger partial charge in [0.05, 0.1) is 4.91 Å². The molecule has 1 rings (SSSR count). The van der Waals surface area contributed by atoms with Gasteiger partial charge in [0.25, 0.3) is 0 Å². The van der Waals surface area contributed by atoms with Crippen LogP contribution in [0.2, 0.25) is 0 Å². The summed E-state index contributed by atoms with van der Waals surface area (Å²) < 4.78 is 0. The van der Waals surface area contributed by atoms with Crippen molar-refractivity contribution in [2.75, 3.05) is 0 Å². The van der Waals surface area contributed by atoms with Crippen molar-refractivity contribution in [3.05, 3.63) is 22.5 Å². The maximum Gasteiger partial charge on any atom is 0.157 e. The molecule has 1 nitrogen and oxygen atoms in total. The third-order valence-corrected chi connectivity index (χ3v) is 2.82. The van der Waals surface area contributed by atoms with Crippen LogP contribution >= 0.6 is 0 Å². The minimum atomic E-state index is -0.315. The van der Waals surface area contributed by atoms with E-state index in [0.29, 0.717) is 0 Å². The van der Waals surface area contributed by atoms with Crippen molar-refractivity contribution >= 4 is 26.9 Å². The van der Waals surface area contributed by atoms with E-state index in [-0.39, 0.29) is 9.45 Å². The number of hydrogen-bond donors (Lipinski definition) is 0. The average Bonchev–Trinajstić information content (AvgIpc) is 2.14. The smallest absolute Gasteiger partial charge is 0.157 e. The first-order valence-electron chi connectivity index (χ1n) is 2.09. The normalized spacial score (nSPS) is 25.5. The van der Waals surface area contributed by atoms with E-state index in [1.165, 1.54) is 0 Å². The van der Waals surface area contributed by atoms with Gasteiger partial charge in [0.1, 0.15) is 0 Å². The Hall–Kier alpha value is -0.280. The van der Waals surface area contributed by atoms with E-state index < -0.39 is 0 Å². The van der Waals surface area contributed by atoms with Crippen LogP contribution in [0.1, 0.15) is 0 Å². The van der Waals surface area contributed by atoms with Crippen LogP contribution in [0.4, 0.5) is 0 Å². The molecule has 1 atom stereocenters. The summed E-state index contributed by atoms with van der Waals surface area (Å²) in [4.78, 5) is 10.8. The SMILES string of the molecule is O=CC1=CC=CS1=S. The lowest BCUT2D eigenvalue weighted by Gasteiger charge is -1.85. The molecule has 0 N–H and O–H groups in total. The molecule has 1 unspecified atom stereocenters. The molecule has 1 aliphatic heterocycles. The summed E-state index contributed by atoms with van der Waals surface area (Å²) >= 11 is 4.86. The number of allylic oxidation sites excluding steroid dienone is 3. The standard InChI is InChI=1S/C5H4OS2/c6-4-5-2-1-3-8(5)7/h1-4H. The maximum atomic E-state index is 10.0. The molecular formula is C5H4OS2. The van der Waals surface area contributed by atoms with Crippen LogP contribution in [-0.4, -0.2) is 6.29 Å². The topological polar surface area (TPSA) is 17.1 Å². The Labute approximate surface area is 54.7 Å². The molecule has 0 amide bonds. The summed E-state index contributed by atoms with van der Waals surface area (Å²) in [5.41, 5.74) is 0. The molecule has 0 spiro atoms. The van der Waals surface area contributed by atoms with E-state index in [0.717, 1.165) is 11.2 Å². The monoisotopic (exact) mass is 144 g/mol. The van der Waals surface area contributed by atoms with Gasteiger partial charge in [-0.15, -0.1) is 0 Å². The zero-order valence-electron chi connectivity index (χ0n) is 4.03. The first-order valence-corrected chi connectivity index (χ1v) is 4.30. The second kappa shape index (κ2) is 2.33. The van der Waals surface area contributed by atoms with E-state index >= 15 is 0 Å². The van der Waals surface area contributed by atoms with E-state index in [1.807, 2.05) is 11.5 Å². The van der Waals surface area contributed by atoms with Gasteiger partial charge in [0.2, 0.25) is 0 Å². The third-order valence-electron chi connectivity index (χ3n) is 0.811. The third kappa shape index (κ3) is 0.928. The molecule has 3 heteroatoms. The second-order valence-electron chi connectivity index (χ2n) is 1.31. The fraction of sp³-hybridized carbons (Fsp3) is 0. The largest absolute Gasteiger partial charge is 0.297 e. The molecule has 42 valence electrons. The van der Waals surface area contributed by atoms with Crippen LogP contribution in [0, 0.1) is 0 Å². The predicted molar refractivity (Wildman–Crippen MR) is 38.0 cm³/mol. The van der Waals surface area contributed by atoms with Crippen molar-refractivity contribution < 1.29 is 4.79 Å². The van der Waals surface area contributed by atoms with Gasteiger partial charge in [-0.2, -0.15) is 0 Å². The maximum absolute atomic E-state index is 10.0. The predicted octanol–water partition coefficient (Wildman–Crippen LogP) is 0.677. The molecule has 0 aromatic rings. The molecule has 0 saturated heterocycles. The molecule has 0 fully saturated rings. The van der Waals surface area contributed by atoms with Crippen molar-refractivity contribution in [2.24, 2.45) is 0 Å². The van der Waals surface area contributed by atoms with Crippen LogP contribution in [0.15, 0.2) is 22.5 Å². The molecule has 0 radical (unpaired) electrons. The summed E-state index contributed by atoms with van der Waals surface area (Å²) in [6.45, 7) is 0. The van der Waals surface area contributed by atoms with E-state index in [4.69, 9.17) is 11.2 Å². The number of carbonyl (C=O) groups excluding carboxylic acids is 1. The Kier molecular flexibility index (Phi) is 1.70.